The second-order valence-corrected chi connectivity index (χ2v) is 9.91. The lowest BCUT2D eigenvalue weighted by molar-refractivity contribution is -0.148. The van der Waals surface area contributed by atoms with Crippen LogP contribution in [-0.4, -0.2) is 41.8 Å². The van der Waals surface area contributed by atoms with Gasteiger partial charge in [-0.3, -0.25) is 4.79 Å². The van der Waals surface area contributed by atoms with Crippen LogP contribution in [0.15, 0.2) is 24.3 Å². The van der Waals surface area contributed by atoms with Crippen molar-refractivity contribution in [1.82, 2.24) is 5.32 Å². The molecule has 6 nitrogen and oxygen atoms in total. The zero-order valence-electron chi connectivity index (χ0n) is 19.2. The van der Waals surface area contributed by atoms with Crippen molar-refractivity contribution in [3.05, 3.63) is 29.8 Å². The van der Waals surface area contributed by atoms with Gasteiger partial charge < -0.3 is 19.9 Å². The Balaban J connectivity index is 1.89. The van der Waals surface area contributed by atoms with Crippen LogP contribution in [0.4, 0.5) is 0 Å². The molecule has 2 rings (SSSR count). The van der Waals surface area contributed by atoms with Crippen molar-refractivity contribution >= 4 is 11.9 Å². The zero-order valence-corrected chi connectivity index (χ0v) is 19.2. The fourth-order valence-electron chi connectivity index (χ4n) is 3.98. The number of hydrogen-bond acceptors (Lipinski definition) is 4. The quantitative estimate of drug-likeness (QED) is 0.659. The van der Waals surface area contributed by atoms with Gasteiger partial charge in [0.05, 0.1) is 0 Å². The van der Waals surface area contributed by atoms with E-state index in [4.69, 9.17) is 14.6 Å². The molecule has 0 bridgehead atoms. The Hall–Kier alpha value is -2.08. The minimum atomic E-state index is -1.00. The van der Waals surface area contributed by atoms with Crippen molar-refractivity contribution in [3.63, 3.8) is 0 Å². The van der Waals surface area contributed by atoms with Gasteiger partial charge in [0.2, 0.25) is 0 Å². The molecule has 0 aromatic heterocycles. The number of amides is 1. The van der Waals surface area contributed by atoms with E-state index in [1.165, 1.54) is 7.11 Å². The highest BCUT2D eigenvalue weighted by Gasteiger charge is 2.34. The number of carboxylic acids is 1. The van der Waals surface area contributed by atoms with Crippen molar-refractivity contribution in [1.29, 1.82) is 0 Å². The number of hydrogen-bond donors (Lipinski definition) is 2. The molecule has 1 amide bonds. The third-order valence-electron chi connectivity index (χ3n) is 6.11. The molecule has 2 N–H and O–H groups in total. The Morgan fingerprint density at radius 1 is 1.07 bits per heavy atom. The van der Waals surface area contributed by atoms with E-state index in [2.05, 4.69) is 26.1 Å². The second kappa shape index (κ2) is 9.82. The minimum absolute atomic E-state index is 0.115. The summed E-state index contributed by atoms with van der Waals surface area (Å²) in [6.07, 6.45) is 3.66. The third-order valence-corrected chi connectivity index (χ3v) is 6.11. The number of nitrogens with one attached hydrogen (secondary N) is 1. The Labute approximate surface area is 180 Å². The lowest BCUT2D eigenvalue weighted by atomic mass is 9.71. The normalized spacial score (nSPS) is 21.0. The van der Waals surface area contributed by atoms with Gasteiger partial charge in [0.1, 0.15) is 5.75 Å². The van der Waals surface area contributed by atoms with E-state index < -0.39 is 17.7 Å². The van der Waals surface area contributed by atoms with Gasteiger partial charge >= 0.3 is 5.97 Å². The lowest BCUT2D eigenvalue weighted by Crippen LogP contribution is -2.51. The number of carbonyl (C=O) groups excluding carboxylic acids is 1. The largest absolute Gasteiger partial charge is 0.479 e. The highest BCUT2D eigenvalue weighted by molar-refractivity contribution is 5.85. The molecule has 1 saturated carbocycles. The molecule has 1 atom stereocenters. The number of aliphatic carboxylic acids is 1. The van der Waals surface area contributed by atoms with Gasteiger partial charge in [0, 0.05) is 19.6 Å². The van der Waals surface area contributed by atoms with Gasteiger partial charge in [-0.1, -0.05) is 32.9 Å². The van der Waals surface area contributed by atoms with E-state index in [0.717, 1.165) is 31.2 Å². The van der Waals surface area contributed by atoms with Crippen molar-refractivity contribution < 1.29 is 24.2 Å². The Kier molecular flexibility index (Phi) is 7.92. The number of benzene rings is 1. The van der Waals surface area contributed by atoms with E-state index in [0.29, 0.717) is 17.1 Å². The summed E-state index contributed by atoms with van der Waals surface area (Å²) in [5.74, 6) is 0.162. The maximum absolute atomic E-state index is 12.8. The summed E-state index contributed by atoms with van der Waals surface area (Å²) >= 11 is 0. The molecule has 0 radical (unpaired) electrons. The van der Waals surface area contributed by atoms with E-state index >= 15 is 0 Å². The maximum Gasteiger partial charge on any atom is 0.333 e. The summed E-state index contributed by atoms with van der Waals surface area (Å²) in [4.78, 5) is 23.9. The average molecular weight is 420 g/mol. The standard InChI is InChI=1S/C24H37NO5/c1-23(2,3)17-9-11-18(12-10-17)25-22(28)24(4,5)30-19-13-7-16(8-14-19)15-20(29-6)21(26)27/h7-8,13-14,17-18,20H,9-12,15H2,1-6H3,(H,25,28)(H,26,27)/t17?,18?,20-/m0/s1. The Bertz CT molecular complexity index is 712. The average Bonchev–Trinajstić information content (AvgIpc) is 2.66. The third kappa shape index (κ3) is 6.73. The molecule has 1 aromatic carbocycles. The van der Waals surface area contributed by atoms with Gasteiger partial charge in [0.15, 0.2) is 11.7 Å². The fourth-order valence-corrected chi connectivity index (χ4v) is 3.98. The number of carboxylic acid groups (broad SMARTS) is 1. The van der Waals surface area contributed by atoms with E-state index in [1.54, 1.807) is 38.1 Å². The van der Waals surface area contributed by atoms with Crippen LogP contribution >= 0.6 is 0 Å². The summed E-state index contributed by atoms with van der Waals surface area (Å²) in [6.45, 7) is 10.4. The van der Waals surface area contributed by atoms with Crippen LogP contribution in [0.1, 0.15) is 65.9 Å². The van der Waals surface area contributed by atoms with Gasteiger partial charge in [0.25, 0.3) is 5.91 Å². The molecule has 0 heterocycles. The molecule has 0 unspecified atom stereocenters. The van der Waals surface area contributed by atoms with Gasteiger partial charge in [-0.2, -0.15) is 0 Å². The summed E-state index contributed by atoms with van der Waals surface area (Å²) < 4.78 is 10.9. The number of carbonyl (C=O) groups is 2. The predicted molar refractivity (Wildman–Crippen MR) is 117 cm³/mol. The molecule has 30 heavy (non-hydrogen) atoms. The van der Waals surface area contributed by atoms with Crippen LogP contribution in [-0.2, 0) is 20.7 Å². The molecular weight excluding hydrogens is 382 g/mol. The molecule has 1 fully saturated rings. The first-order valence-corrected chi connectivity index (χ1v) is 10.8. The summed E-state index contributed by atoms with van der Waals surface area (Å²) in [5, 5.41) is 12.3. The number of methoxy groups -OCH3 is 1. The van der Waals surface area contributed by atoms with Crippen LogP contribution in [0.5, 0.6) is 5.75 Å². The van der Waals surface area contributed by atoms with Crippen molar-refractivity contribution in [2.24, 2.45) is 11.3 Å². The summed E-state index contributed by atoms with van der Waals surface area (Å²) in [6, 6.07) is 7.31. The van der Waals surface area contributed by atoms with Crippen LogP contribution in [0, 0.1) is 11.3 Å². The Morgan fingerprint density at radius 2 is 1.63 bits per heavy atom. The van der Waals surface area contributed by atoms with Gasteiger partial charge in [-0.15, -0.1) is 0 Å². The van der Waals surface area contributed by atoms with Crippen LogP contribution in [0.25, 0.3) is 0 Å². The molecule has 168 valence electrons. The monoisotopic (exact) mass is 419 g/mol. The van der Waals surface area contributed by atoms with E-state index in [1.807, 2.05) is 0 Å². The molecular formula is C24H37NO5. The number of rotatable bonds is 8. The maximum atomic E-state index is 12.8. The highest BCUT2D eigenvalue weighted by atomic mass is 16.5. The van der Waals surface area contributed by atoms with Crippen LogP contribution in [0.2, 0.25) is 0 Å². The molecule has 1 aromatic rings. The van der Waals surface area contributed by atoms with Crippen LogP contribution in [0.3, 0.4) is 0 Å². The molecule has 6 heteroatoms. The van der Waals surface area contributed by atoms with E-state index in [-0.39, 0.29) is 18.4 Å². The highest BCUT2D eigenvalue weighted by Crippen LogP contribution is 2.37. The van der Waals surface area contributed by atoms with Gasteiger partial charge in [-0.05, 0) is 68.6 Å². The minimum Gasteiger partial charge on any atom is -0.479 e. The number of ether oxygens (including phenoxy) is 2. The topological polar surface area (TPSA) is 84.9 Å². The molecule has 0 aliphatic heterocycles. The second-order valence-electron chi connectivity index (χ2n) is 9.91. The van der Waals surface area contributed by atoms with Gasteiger partial charge in [-0.25, -0.2) is 4.79 Å². The van der Waals surface area contributed by atoms with Crippen molar-refractivity contribution in [2.75, 3.05) is 7.11 Å². The first kappa shape index (κ1) is 24.2. The molecule has 1 aliphatic rings. The SMILES string of the molecule is CO[C@@H](Cc1ccc(OC(C)(C)C(=O)NC2CCC(C(C)(C)C)CC2)cc1)C(=O)O. The first-order chi connectivity index (χ1) is 13.9. The Morgan fingerprint density at radius 3 is 2.10 bits per heavy atom. The van der Waals surface area contributed by atoms with Crippen molar-refractivity contribution in [2.45, 2.75) is 84.5 Å². The summed E-state index contributed by atoms with van der Waals surface area (Å²) in [5.41, 5.74) is 0.143. The summed E-state index contributed by atoms with van der Waals surface area (Å²) in [7, 11) is 1.38. The zero-order chi connectivity index (χ0) is 22.5. The fraction of sp³-hybridized carbons (Fsp3) is 0.667. The molecule has 0 spiro atoms. The molecule has 0 saturated heterocycles. The predicted octanol–water partition coefficient (Wildman–Crippen LogP) is 4.21. The lowest BCUT2D eigenvalue weighted by Gasteiger charge is -2.38. The first-order valence-electron chi connectivity index (χ1n) is 10.8. The smallest absolute Gasteiger partial charge is 0.333 e. The molecule has 1 aliphatic carbocycles. The van der Waals surface area contributed by atoms with E-state index in [9.17, 15) is 9.59 Å². The van der Waals surface area contributed by atoms with Crippen LogP contribution < -0.4 is 10.1 Å². The van der Waals surface area contributed by atoms with Crippen molar-refractivity contribution in [3.8, 4) is 5.75 Å².